The molecule has 118 valence electrons. The molecule has 1 atom stereocenters. The van der Waals surface area contributed by atoms with E-state index in [1.54, 1.807) is 12.1 Å². The fourth-order valence-electron chi connectivity index (χ4n) is 2.27. The van der Waals surface area contributed by atoms with Crippen LogP contribution in [-0.4, -0.2) is 25.6 Å². The number of ether oxygens (including phenoxy) is 1. The molecule has 2 N–H and O–H groups in total. The predicted molar refractivity (Wildman–Crippen MR) is 79.2 cm³/mol. The molecular weight excluding hydrogens is 302 g/mol. The highest BCUT2D eigenvalue weighted by atomic mass is 35.5. The van der Waals surface area contributed by atoms with Gasteiger partial charge in [-0.3, -0.25) is 4.79 Å². The first-order valence-corrected chi connectivity index (χ1v) is 6.69. The van der Waals surface area contributed by atoms with Crippen molar-refractivity contribution in [3.8, 4) is 5.75 Å². The Hall–Kier alpha value is -1.40. The molecule has 0 saturated carbocycles. The van der Waals surface area contributed by atoms with Gasteiger partial charge in [0.15, 0.2) is 0 Å². The van der Waals surface area contributed by atoms with Crippen LogP contribution in [0, 0.1) is 5.92 Å². The van der Waals surface area contributed by atoms with E-state index in [0.29, 0.717) is 18.0 Å². The smallest absolute Gasteiger partial charge is 0.387 e. The van der Waals surface area contributed by atoms with Crippen LogP contribution in [0.2, 0.25) is 0 Å². The summed E-state index contributed by atoms with van der Waals surface area (Å²) < 4.78 is 28.5. The molecule has 1 heterocycles. The van der Waals surface area contributed by atoms with Gasteiger partial charge in [0, 0.05) is 18.2 Å². The lowest BCUT2D eigenvalue weighted by atomic mass is 10.0. The van der Waals surface area contributed by atoms with E-state index in [9.17, 15) is 13.6 Å². The summed E-state index contributed by atoms with van der Waals surface area (Å²) in [6.45, 7) is -0.889. The molecule has 1 aromatic carbocycles. The van der Waals surface area contributed by atoms with E-state index in [2.05, 4.69) is 15.4 Å². The number of rotatable bonds is 6. The SMILES string of the molecule is Cl.O=C(CCC1CCNC1)Nc1cccc(OC(F)F)c1. The Kier molecular flexibility index (Phi) is 7.39. The Labute approximate surface area is 128 Å². The van der Waals surface area contributed by atoms with Gasteiger partial charge >= 0.3 is 6.61 Å². The van der Waals surface area contributed by atoms with E-state index >= 15 is 0 Å². The van der Waals surface area contributed by atoms with Crippen molar-refractivity contribution in [2.45, 2.75) is 25.9 Å². The van der Waals surface area contributed by atoms with Crippen molar-refractivity contribution in [2.24, 2.45) is 5.92 Å². The number of carbonyl (C=O) groups excluding carboxylic acids is 1. The summed E-state index contributed by atoms with van der Waals surface area (Å²) in [6, 6.07) is 6.02. The largest absolute Gasteiger partial charge is 0.435 e. The number of hydrogen-bond acceptors (Lipinski definition) is 3. The Morgan fingerprint density at radius 2 is 2.29 bits per heavy atom. The minimum absolute atomic E-state index is 0. The standard InChI is InChI=1S/C14H18F2N2O2.ClH/c15-14(16)20-12-3-1-2-11(8-12)18-13(19)5-4-10-6-7-17-9-10;/h1-3,8,10,14,17H,4-7,9H2,(H,18,19);1H. The van der Waals surface area contributed by atoms with Crippen LogP contribution in [0.5, 0.6) is 5.75 Å². The molecule has 1 unspecified atom stereocenters. The van der Waals surface area contributed by atoms with Crippen molar-refractivity contribution in [2.75, 3.05) is 18.4 Å². The number of halogens is 3. The molecule has 0 aromatic heterocycles. The highest BCUT2D eigenvalue weighted by molar-refractivity contribution is 5.90. The third kappa shape index (κ3) is 6.27. The lowest BCUT2D eigenvalue weighted by Crippen LogP contribution is -2.15. The van der Waals surface area contributed by atoms with Gasteiger partial charge in [0.2, 0.25) is 5.91 Å². The lowest BCUT2D eigenvalue weighted by molar-refractivity contribution is -0.116. The highest BCUT2D eigenvalue weighted by Crippen LogP contribution is 2.20. The first kappa shape index (κ1) is 17.7. The van der Waals surface area contributed by atoms with E-state index in [-0.39, 0.29) is 24.1 Å². The van der Waals surface area contributed by atoms with E-state index < -0.39 is 6.61 Å². The summed E-state index contributed by atoms with van der Waals surface area (Å²) >= 11 is 0. The Morgan fingerprint density at radius 1 is 1.48 bits per heavy atom. The predicted octanol–water partition coefficient (Wildman–Crippen LogP) is 3.04. The van der Waals surface area contributed by atoms with E-state index in [4.69, 9.17) is 0 Å². The molecule has 7 heteroatoms. The maximum absolute atomic E-state index is 12.1. The summed E-state index contributed by atoms with van der Waals surface area (Å²) in [7, 11) is 0. The molecule has 1 aliphatic rings. The van der Waals surface area contributed by atoms with Crippen molar-refractivity contribution in [3.05, 3.63) is 24.3 Å². The van der Waals surface area contributed by atoms with Gasteiger partial charge < -0.3 is 15.4 Å². The van der Waals surface area contributed by atoms with Crippen LogP contribution >= 0.6 is 12.4 Å². The first-order valence-electron chi connectivity index (χ1n) is 6.69. The topological polar surface area (TPSA) is 50.4 Å². The molecule has 1 amide bonds. The minimum atomic E-state index is -2.86. The number of alkyl halides is 2. The Balaban J connectivity index is 0.00000220. The third-order valence-corrected chi connectivity index (χ3v) is 3.28. The van der Waals surface area contributed by atoms with Gasteiger partial charge in [0.1, 0.15) is 5.75 Å². The van der Waals surface area contributed by atoms with Gasteiger partial charge in [-0.15, -0.1) is 12.4 Å². The Morgan fingerprint density at radius 3 is 2.95 bits per heavy atom. The maximum atomic E-state index is 12.1. The van der Waals surface area contributed by atoms with Crippen LogP contribution in [-0.2, 0) is 4.79 Å². The molecule has 0 spiro atoms. The molecule has 21 heavy (non-hydrogen) atoms. The molecule has 1 aromatic rings. The summed E-state index contributed by atoms with van der Waals surface area (Å²) in [6.07, 6.45) is 2.38. The molecule has 1 fully saturated rings. The van der Waals surface area contributed by atoms with Crippen molar-refractivity contribution in [1.29, 1.82) is 0 Å². The number of nitrogens with one attached hydrogen (secondary N) is 2. The van der Waals surface area contributed by atoms with E-state index in [1.807, 2.05) is 0 Å². The number of anilines is 1. The van der Waals surface area contributed by atoms with E-state index in [1.165, 1.54) is 12.1 Å². The quantitative estimate of drug-likeness (QED) is 0.847. The fourth-order valence-corrected chi connectivity index (χ4v) is 2.27. The van der Waals surface area contributed by atoms with Gasteiger partial charge in [-0.25, -0.2) is 0 Å². The number of carbonyl (C=O) groups is 1. The molecular formula is C14H19ClF2N2O2. The number of hydrogen-bond donors (Lipinski definition) is 2. The van der Waals surface area contributed by atoms with Crippen LogP contribution in [0.25, 0.3) is 0 Å². The van der Waals surface area contributed by atoms with Crippen LogP contribution in [0.1, 0.15) is 19.3 Å². The lowest BCUT2D eigenvalue weighted by Gasteiger charge is -2.10. The third-order valence-electron chi connectivity index (χ3n) is 3.28. The second-order valence-corrected chi connectivity index (χ2v) is 4.85. The van der Waals surface area contributed by atoms with Crippen LogP contribution in [0.3, 0.4) is 0 Å². The van der Waals surface area contributed by atoms with Gasteiger partial charge in [-0.05, 0) is 44.0 Å². The summed E-state index contributed by atoms with van der Waals surface area (Å²) in [5.74, 6) is 0.484. The van der Waals surface area contributed by atoms with E-state index in [0.717, 1.165) is 25.9 Å². The highest BCUT2D eigenvalue weighted by Gasteiger charge is 2.15. The zero-order valence-corrected chi connectivity index (χ0v) is 12.3. The molecule has 4 nitrogen and oxygen atoms in total. The molecule has 0 bridgehead atoms. The summed E-state index contributed by atoms with van der Waals surface area (Å²) in [5, 5.41) is 5.95. The molecule has 1 saturated heterocycles. The maximum Gasteiger partial charge on any atom is 0.387 e. The van der Waals surface area contributed by atoms with Gasteiger partial charge in [-0.2, -0.15) is 8.78 Å². The second kappa shape index (κ2) is 8.79. The monoisotopic (exact) mass is 320 g/mol. The van der Waals surface area contributed by atoms with Crippen molar-refractivity contribution >= 4 is 24.0 Å². The summed E-state index contributed by atoms with van der Waals surface area (Å²) in [4.78, 5) is 11.8. The van der Waals surface area contributed by atoms with Crippen LogP contribution < -0.4 is 15.4 Å². The summed E-state index contributed by atoms with van der Waals surface area (Å²) in [5.41, 5.74) is 0.470. The minimum Gasteiger partial charge on any atom is -0.435 e. The number of benzene rings is 1. The second-order valence-electron chi connectivity index (χ2n) is 4.85. The zero-order valence-electron chi connectivity index (χ0n) is 11.5. The molecule has 0 radical (unpaired) electrons. The molecule has 0 aliphatic carbocycles. The van der Waals surface area contributed by atoms with Gasteiger partial charge in [0.05, 0.1) is 0 Å². The molecule has 1 aliphatic heterocycles. The zero-order chi connectivity index (χ0) is 14.4. The normalized spacial score (nSPS) is 17.4. The van der Waals surface area contributed by atoms with Gasteiger partial charge in [0.25, 0.3) is 0 Å². The fraction of sp³-hybridized carbons (Fsp3) is 0.500. The van der Waals surface area contributed by atoms with Crippen molar-refractivity contribution in [3.63, 3.8) is 0 Å². The average molecular weight is 321 g/mol. The average Bonchev–Trinajstić information content (AvgIpc) is 2.89. The first-order chi connectivity index (χ1) is 9.63. The van der Waals surface area contributed by atoms with Crippen molar-refractivity contribution < 1.29 is 18.3 Å². The molecule has 2 rings (SSSR count). The van der Waals surface area contributed by atoms with Crippen molar-refractivity contribution in [1.82, 2.24) is 5.32 Å². The van der Waals surface area contributed by atoms with Gasteiger partial charge in [-0.1, -0.05) is 6.07 Å². The number of amides is 1. The Bertz CT molecular complexity index is 454. The van der Waals surface area contributed by atoms with Crippen LogP contribution in [0.4, 0.5) is 14.5 Å². The van der Waals surface area contributed by atoms with Crippen LogP contribution in [0.15, 0.2) is 24.3 Å².